The minimum Gasteiger partial charge on any atom is -0.490 e. The van der Waals surface area contributed by atoms with Gasteiger partial charge in [-0.2, -0.15) is 0 Å². The van der Waals surface area contributed by atoms with Crippen molar-refractivity contribution in [3.8, 4) is 5.75 Å². The number of anilines is 1. The van der Waals surface area contributed by atoms with Crippen LogP contribution >= 0.6 is 0 Å². The number of hydrogen-bond donors (Lipinski definition) is 2. The van der Waals surface area contributed by atoms with E-state index < -0.39 is 0 Å². The fraction of sp³-hybridized carbons (Fsp3) is 0.615. The summed E-state index contributed by atoms with van der Waals surface area (Å²) in [7, 11) is 0. The molecule has 1 heterocycles. The van der Waals surface area contributed by atoms with Gasteiger partial charge in [0.2, 0.25) is 0 Å². The van der Waals surface area contributed by atoms with E-state index in [1.165, 1.54) is 0 Å². The van der Waals surface area contributed by atoms with Crippen molar-refractivity contribution in [3.05, 3.63) is 18.3 Å². The highest BCUT2D eigenvalue weighted by molar-refractivity contribution is 5.49. The molecule has 0 aromatic carbocycles. The quantitative estimate of drug-likeness (QED) is 0.821. The summed E-state index contributed by atoms with van der Waals surface area (Å²) in [6.45, 7) is 3.35. The second-order valence-electron chi connectivity index (χ2n) is 4.42. The first-order valence-corrected chi connectivity index (χ1v) is 6.31. The van der Waals surface area contributed by atoms with Crippen molar-refractivity contribution in [2.45, 2.75) is 32.3 Å². The molecule has 0 aliphatic heterocycles. The molecule has 0 bridgehead atoms. The van der Waals surface area contributed by atoms with Crippen LogP contribution in [-0.4, -0.2) is 29.3 Å². The maximum atomic E-state index is 9.75. The SMILES string of the molecule is CCOc1cccnc1NCC1CCCC1O. The molecule has 2 unspecified atom stereocenters. The third-order valence-corrected chi connectivity index (χ3v) is 3.22. The van der Waals surface area contributed by atoms with Gasteiger partial charge in [-0.3, -0.25) is 0 Å². The second kappa shape index (κ2) is 5.87. The summed E-state index contributed by atoms with van der Waals surface area (Å²) < 4.78 is 5.49. The molecule has 2 atom stereocenters. The van der Waals surface area contributed by atoms with Crippen LogP contribution in [0.25, 0.3) is 0 Å². The molecule has 0 amide bonds. The Morgan fingerprint density at radius 2 is 2.41 bits per heavy atom. The molecule has 0 radical (unpaired) electrons. The largest absolute Gasteiger partial charge is 0.490 e. The lowest BCUT2D eigenvalue weighted by Crippen LogP contribution is -2.22. The first kappa shape index (κ1) is 12.2. The minimum atomic E-state index is -0.165. The Morgan fingerprint density at radius 1 is 1.53 bits per heavy atom. The zero-order chi connectivity index (χ0) is 12.1. The zero-order valence-electron chi connectivity index (χ0n) is 10.2. The lowest BCUT2D eigenvalue weighted by Gasteiger charge is -2.17. The molecule has 94 valence electrons. The number of rotatable bonds is 5. The molecule has 2 rings (SSSR count). The molecule has 17 heavy (non-hydrogen) atoms. The van der Waals surface area contributed by atoms with E-state index in [1.54, 1.807) is 6.20 Å². The highest BCUT2D eigenvalue weighted by Gasteiger charge is 2.25. The summed E-state index contributed by atoms with van der Waals surface area (Å²) >= 11 is 0. The zero-order valence-corrected chi connectivity index (χ0v) is 10.2. The molecule has 1 aromatic heterocycles. The maximum absolute atomic E-state index is 9.75. The Bertz CT molecular complexity index is 357. The maximum Gasteiger partial charge on any atom is 0.168 e. The monoisotopic (exact) mass is 236 g/mol. The van der Waals surface area contributed by atoms with Crippen molar-refractivity contribution in [1.82, 2.24) is 4.98 Å². The lowest BCUT2D eigenvalue weighted by atomic mass is 10.1. The molecule has 1 aliphatic rings. The van der Waals surface area contributed by atoms with Crippen LogP contribution in [0.1, 0.15) is 26.2 Å². The van der Waals surface area contributed by atoms with Crippen LogP contribution in [-0.2, 0) is 0 Å². The Kier molecular flexibility index (Phi) is 4.20. The van der Waals surface area contributed by atoms with Crippen molar-refractivity contribution in [2.75, 3.05) is 18.5 Å². The number of nitrogens with one attached hydrogen (secondary N) is 1. The summed E-state index contributed by atoms with van der Waals surface area (Å²) in [5.74, 6) is 1.89. The van der Waals surface area contributed by atoms with Gasteiger partial charge in [0.25, 0.3) is 0 Å². The number of pyridine rings is 1. The Morgan fingerprint density at radius 3 is 3.12 bits per heavy atom. The molecule has 1 aliphatic carbocycles. The predicted molar refractivity (Wildman–Crippen MR) is 67.2 cm³/mol. The van der Waals surface area contributed by atoms with Crippen molar-refractivity contribution >= 4 is 5.82 Å². The van der Waals surface area contributed by atoms with Gasteiger partial charge >= 0.3 is 0 Å². The van der Waals surface area contributed by atoms with Crippen molar-refractivity contribution in [1.29, 1.82) is 0 Å². The average molecular weight is 236 g/mol. The normalized spacial score (nSPS) is 23.6. The number of ether oxygens (including phenoxy) is 1. The van der Waals surface area contributed by atoms with Gasteiger partial charge in [-0.05, 0) is 31.9 Å². The molecular formula is C13H20N2O2. The van der Waals surface area contributed by atoms with E-state index in [1.807, 2.05) is 19.1 Å². The molecule has 0 saturated heterocycles. The van der Waals surface area contributed by atoms with E-state index in [0.717, 1.165) is 37.4 Å². The van der Waals surface area contributed by atoms with Gasteiger partial charge in [-0.15, -0.1) is 0 Å². The molecule has 4 heteroatoms. The first-order valence-electron chi connectivity index (χ1n) is 6.31. The number of aliphatic hydroxyl groups is 1. The van der Waals surface area contributed by atoms with E-state index in [2.05, 4.69) is 10.3 Å². The Balaban J connectivity index is 1.93. The first-order chi connectivity index (χ1) is 8.31. The number of nitrogens with zero attached hydrogens (tertiary/aromatic N) is 1. The summed E-state index contributed by atoms with van der Waals surface area (Å²) in [4.78, 5) is 4.27. The smallest absolute Gasteiger partial charge is 0.168 e. The molecule has 1 saturated carbocycles. The van der Waals surface area contributed by atoms with Crippen LogP contribution in [0.4, 0.5) is 5.82 Å². The summed E-state index contributed by atoms with van der Waals surface area (Å²) in [6.07, 6.45) is 4.71. The third kappa shape index (κ3) is 3.09. The highest BCUT2D eigenvalue weighted by atomic mass is 16.5. The standard InChI is InChI=1S/C13H20N2O2/c1-2-17-12-7-4-8-14-13(12)15-9-10-5-3-6-11(10)16/h4,7-8,10-11,16H,2-3,5-6,9H2,1H3,(H,14,15). The summed E-state index contributed by atoms with van der Waals surface area (Å²) in [6, 6.07) is 3.77. The number of aromatic nitrogens is 1. The fourth-order valence-electron chi connectivity index (χ4n) is 2.28. The van der Waals surface area contributed by atoms with Gasteiger partial charge in [0, 0.05) is 18.7 Å². The van der Waals surface area contributed by atoms with Gasteiger partial charge in [-0.25, -0.2) is 4.98 Å². The van der Waals surface area contributed by atoms with Crippen LogP contribution in [0.2, 0.25) is 0 Å². The van der Waals surface area contributed by atoms with Crippen LogP contribution < -0.4 is 10.1 Å². The molecule has 4 nitrogen and oxygen atoms in total. The fourth-order valence-corrected chi connectivity index (χ4v) is 2.28. The van der Waals surface area contributed by atoms with E-state index in [0.29, 0.717) is 12.5 Å². The van der Waals surface area contributed by atoms with Crippen LogP contribution in [0, 0.1) is 5.92 Å². The molecule has 2 N–H and O–H groups in total. The molecular weight excluding hydrogens is 216 g/mol. The van der Waals surface area contributed by atoms with Crippen molar-refractivity contribution < 1.29 is 9.84 Å². The predicted octanol–water partition coefficient (Wildman–Crippen LogP) is 2.05. The highest BCUT2D eigenvalue weighted by Crippen LogP contribution is 2.27. The second-order valence-corrected chi connectivity index (χ2v) is 4.42. The summed E-state index contributed by atoms with van der Waals surface area (Å²) in [5, 5.41) is 13.0. The van der Waals surface area contributed by atoms with Gasteiger partial charge in [0.1, 0.15) is 0 Å². The average Bonchev–Trinajstić information content (AvgIpc) is 2.74. The van der Waals surface area contributed by atoms with Crippen molar-refractivity contribution in [2.24, 2.45) is 5.92 Å². The third-order valence-electron chi connectivity index (χ3n) is 3.22. The van der Waals surface area contributed by atoms with Crippen LogP contribution in [0.5, 0.6) is 5.75 Å². The van der Waals surface area contributed by atoms with E-state index >= 15 is 0 Å². The van der Waals surface area contributed by atoms with Gasteiger partial charge in [0.15, 0.2) is 11.6 Å². The minimum absolute atomic E-state index is 0.165. The summed E-state index contributed by atoms with van der Waals surface area (Å²) in [5.41, 5.74) is 0. The van der Waals surface area contributed by atoms with Crippen LogP contribution in [0.3, 0.4) is 0 Å². The van der Waals surface area contributed by atoms with E-state index in [9.17, 15) is 5.11 Å². The molecule has 1 aromatic rings. The van der Waals surface area contributed by atoms with Crippen LogP contribution in [0.15, 0.2) is 18.3 Å². The van der Waals surface area contributed by atoms with Gasteiger partial charge in [-0.1, -0.05) is 6.42 Å². The molecule has 1 fully saturated rings. The van der Waals surface area contributed by atoms with E-state index in [-0.39, 0.29) is 6.10 Å². The Labute approximate surface area is 102 Å². The number of hydrogen-bond acceptors (Lipinski definition) is 4. The lowest BCUT2D eigenvalue weighted by molar-refractivity contribution is 0.138. The topological polar surface area (TPSA) is 54.4 Å². The Hall–Kier alpha value is -1.29. The van der Waals surface area contributed by atoms with Crippen molar-refractivity contribution in [3.63, 3.8) is 0 Å². The van der Waals surface area contributed by atoms with Gasteiger partial charge in [0.05, 0.1) is 12.7 Å². The number of aliphatic hydroxyl groups excluding tert-OH is 1. The molecule has 0 spiro atoms. The van der Waals surface area contributed by atoms with Gasteiger partial charge < -0.3 is 15.2 Å². The van der Waals surface area contributed by atoms with E-state index in [4.69, 9.17) is 4.74 Å².